The second kappa shape index (κ2) is 4.91. The third kappa shape index (κ3) is 2.28. The summed E-state index contributed by atoms with van der Waals surface area (Å²) in [7, 11) is 1.97. The van der Waals surface area contributed by atoms with Gasteiger partial charge in [-0.25, -0.2) is 0 Å². The summed E-state index contributed by atoms with van der Waals surface area (Å²) in [5.41, 5.74) is 3.61. The average Bonchev–Trinajstić information content (AvgIpc) is 3.06. The van der Waals surface area contributed by atoms with Crippen LogP contribution in [0.1, 0.15) is 40.3 Å². The van der Waals surface area contributed by atoms with Crippen LogP contribution in [-0.4, -0.2) is 15.7 Å². The molecule has 1 aliphatic rings. The van der Waals surface area contributed by atoms with Crippen LogP contribution >= 0.6 is 0 Å². The van der Waals surface area contributed by atoms with Crippen LogP contribution in [0.2, 0.25) is 0 Å². The van der Waals surface area contributed by atoms with Crippen molar-refractivity contribution in [1.29, 1.82) is 0 Å². The molecule has 2 aromatic heterocycles. The number of aromatic nitrogens is 2. The van der Waals surface area contributed by atoms with E-state index in [1.54, 1.807) is 12.1 Å². The van der Waals surface area contributed by atoms with Crippen molar-refractivity contribution < 1.29 is 9.21 Å². The number of nitrogens with zero attached hydrogens (tertiary/aromatic N) is 2. The van der Waals surface area contributed by atoms with Gasteiger partial charge < -0.3 is 9.73 Å². The van der Waals surface area contributed by atoms with Crippen LogP contribution in [0.3, 0.4) is 0 Å². The van der Waals surface area contributed by atoms with E-state index >= 15 is 0 Å². The molecular formula is C14H17N3O2. The Hall–Kier alpha value is -2.04. The maximum atomic E-state index is 11.8. The smallest absolute Gasteiger partial charge is 0.287 e. The Bertz CT molecular complexity index is 584. The second-order valence-electron chi connectivity index (χ2n) is 4.86. The van der Waals surface area contributed by atoms with Crippen molar-refractivity contribution in [1.82, 2.24) is 15.1 Å². The standard InChI is InChI=1S/C14H17N3O2/c1-17-12-6-3-2-5-10(12)11(16-17)9-15-14(18)13-7-4-8-19-13/h4,7-8H,2-3,5-6,9H2,1H3,(H,15,18). The van der Waals surface area contributed by atoms with Gasteiger partial charge in [0.05, 0.1) is 18.5 Å². The van der Waals surface area contributed by atoms with Gasteiger partial charge in [0, 0.05) is 12.7 Å². The molecule has 0 aliphatic heterocycles. The Morgan fingerprint density at radius 2 is 2.32 bits per heavy atom. The molecule has 0 aromatic carbocycles. The Morgan fingerprint density at radius 3 is 3.11 bits per heavy atom. The van der Waals surface area contributed by atoms with E-state index in [2.05, 4.69) is 10.4 Å². The summed E-state index contributed by atoms with van der Waals surface area (Å²) >= 11 is 0. The van der Waals surface area contributed by atoms with Crippen molar-refractivity contribution in [3.8, 4) is 0 Å². The molecule has 0 radical (unpaired) electrons. The van der Waals surface area contributed by atoms with E-state index in [0.717, 1.165) is 18.5 Å². The van der Waals surface area contributed by atoms with E-state index in [1.807, 2.05) is 11.7 Å². The number of rotatable bonds is 3. The number of furan rings is 1. The molecule has 0 fully saturated rings. The SMILES string of the molecule is Cn1nc(CNC(=O)c2ccco2)c2c1CCCC2. The maximum absolute atomic E-state index is 11.8. The second-order valence-corrected chi connectivity index (χ2v) is 4.86. The molecule has 19 heavy (non-hydrogen) atoms. The molecule has 100 valence electrons. The molecule has 5 nitrogen and oxygen atoms in total. The van der Waals surface area contributed by atoms with Crippen molar-refractivity contribution in [2.24, 2.45) is 7.05 Å². The first kappa shape index (κ1) is 12.0. The minimum absolute atomic E-state index is 0.194. The predicted molar refractivity (Wildman–Crippen MR) is 69.7 cm³/mol. The molecule has 2 heterocycles. The first-order valence-electron chi connectivity index (χ1n) is 6.61. The van der Waals surface area contributed by atoms with E-state index in [9.17, 15) is 4.79 Å². The fourth-order valence-corrected chi connectivity index (χ4v) is 2.66. The number of hydrogen-bond donors (Lipinski definition) is 1. The average molecular weight is 259 g/mol. The molecule has 0 unspecified atom stereocenters. The molecule has 0 atom stereocenters. The Morgan fingerprint density at radius 1 is 1.47 bits per heavy atom. The number of carbonyl (C=O) groups is 1. The zero-order valence-corrected chi connectivity index (χ0v) is 11.0. The zero-order chi connectivity index (χ0) is 13.2. The lowest BCUT2D eigenvalue weighted by Gasteiger charge is -2.12. The molecule has 5 heteroatoms. The van der Waals surface area contributed by atoms with Gasteiger partial charge in [0.1, 0.15) is 0 Å². The number of carbonyl (C=O) groups excluding carboxylic acids is 1. The monoisotopic (exact) mass is 259 g/mol. The molecule has 0 saturated heterocycles. The highest BCUT2D eigenvalue weighted by molar-refractivity contribution is 5.91. The zero-order valence-electron chi connectivity index (χ0n) is 11.0. The van der Waals surface area contributed by atoms with Crippen molar-refractivity contribution in [3.63, 3.8) is 0 Å². The molecule has 1 N–H and O–H groups in total. The van der Waals surface area contributed by atoms with Gasteiger partial charge in [-0.2, -0.15) is 5.10 Å². The number of amides is 1. The van der Waals surface area contributed by atoms with Gasteiger partial charge in [-0.05, 0) is 43.4 Å². The van der Waals surface area contributed by atoms with Gasteiger partial charge >= 0.3 is 0 Å². The normalized spacial score (nSPS) is 14.2. The first-order valence-corrected chi connectivity index (χ1v) is 6.61. The van der Waals surface area contributed by atoms with Gasteiger partial charge in [-0.3, -0.25) is 9.48 Å². The van der Waals surface area contributed by atoms with E-state index < -0.39 is 0 Å². The van der Waals surface area contributed by atoms with Crippen molar-refractivity contribution in [3.05, 3.63) is 41.1 Å². The van der Waals surface area contributed by atoms with Crippen LogP contribution in [0.25, 0.3) is 0 Å². The van der Waals surface area contributed by atoms with Crippen molar-refractivity contribution in [2.75, 3.05) is 0 Å². The third-order valence-corrected chi connectivity index (χ3v) is 3.61. The summed E-state index contributed by atoms with van der Waals surface area (Å²) in [5, 5.41) is 7.37. The number of nitrogens with one attached hydrogen (secondary N) is 1. The van der Waals surface area contributed by atoms with Gasteiger partial charge in [0.2, 0.25) is 0 Å². The Labute approximate surface area is 111 Å². The van der Waals surface area contributed by atoms with E-state index in [1.165, 1.54) is 30.4 Å². The van der Waals surface area contributed by atoms with Crippen LogP contribution in [0.5, 0.6) is 0 Å². The predicted octanol–water partition coefficient (Wildman–Crippen LogP) is 1.82. The molecule has 0 bridgehead atoms. The third-order valence-electron chi connectivity index (χ3n) is 3.61. The lowest BCUT2D eigenvalue weighted by Crippen LogP contribution is -2.23. The van der Waals surface area contributed by atoms with Gasteiger partial charge in [0.25, 0.3) is 5.91 Å². The molecule has 0 spiro atoms. The number of fused-ring (bicyclic) bond motifs is 1. The summed E-state index contributed by atoms with van der Waals surface area (Å²) in [4.78, 5) is 11.8. The highest BCUT2D eigenvalue weighted by atomic mass is 16.3. The fourth-order valence-electron chi connectivity index (χ4n) is 2.66. The minimum atomic E-state index is -0.194. The van der Waals surface area contributed by atoms with E-state index in [-0.39, 0.29) is 5.91 Å². The highest BCUT2D eigenvalue weighted by Crippen LogP contribution is 2.23. The fraction of sp³-hybridized carbons (Fsp3) is 0.429. The molecule has 1 amide bonds. The largest absolute Gasteiger partial charge is 0.459 e. The number of hydrogen-bond acceptors (Lipinski definition) is 3. The molecule has 3 rings (SSSR count). The summed E-state index contributed by atoms with van der Waals surface area (Å²) in [6, 6.07) is 3.36. The van der Waals surface area contributed by atoms with E-state index in [0.29, 0.717) is 12.3 Å². The van der Waals surface area contributed by atoms with Crippen LogP contribution in [-0.2, 0) is 26.4 Å². The summed E-state index contributed by atoms with van der Waals surface area (Å²) in [6.07, 6.45) is 6.08. The van der Waals surface area contributed by atoms with Crippen LogP contribution in [0, 0.1) is 0 Å². The topological polar surface area (TPSA) is 60.1 Å². The minimum Gasteiger partial charge on any atom is -0.459 e. The van der Waals surface area contributed by atoms with Crippen LogP contribution in [0.15, 0.2) is 22.8 Å². The van der Waals surface area contributed by atoms with E-state index in [4.69, 9.17) is 4.42 Å². The van der Waals surface area contributed by atoms with Gasteiger partial charge in [0.15, 0.2) is 5.76 Å². The molecule has 2 aromatic rings. The number of aryl methyl sites for hydroxylation is 1. The summed E-state index contributed by atoms with van der Waals surface area (Å²) in [5.74, 6) is 0.144. The Balaban J connectivity index is 1.72. The lowest BCUT2D eigenvalue weighted by molar-refractivity contribution is 0.0922. The Kier molecular flexibility index (Phi) is 3.11. The van der Waals surface area contributed by atoms with Crippen molar-refractivity contribution >= 4 is 5.91 Å². The summed E-state index contributed by atoms with van der Waals surface area (Å²) in [6.45, 7) is 0.461. The molecule has 1 aliphatic carbocycles. The molecular weight excluding hydrogens is 242 g/mol. The van der Waals surface area contributed by atoms with Crippen LogP contribution in [0.4, 0.5) is 0 Å². The summed E-state index contributed by atoms with van der Waals surface area (Å²) < 4.78 is 7.01. The van der Waals surface area contributed by atoms with Gasteiger partial charge in [-0.1, -0.05) is 0 Å². The maximum Gasteiger partial charge on any atom is 0.287 e. The van der Waals surface area contributed by atoms with Crippen molar-refractivity contribution in [2.45, 2.75) is 32.2 Å². The highest BCUT2D eigenvalue weighted by Gasteiger charge is 2.19. The quantitative estimate of drug-likeness (QED) is 0.914. The van der Waals surface area contributed by atoms with Crippen LogP contribution < -0.4 is 5.32 Å². The van der Waals surface area contributed by atoms with Gasteiger partial charge in [-0.15, -0.1) is 0 Å². The molecule has 0 saturated carbocycles. The first-order chi connectivity index (χ1) is 9.25. The lowest BCUT2D eigenvalue weighted by atomic mass is 9.96.